The van der Waals surface area contributed by atoms with Crippen LogP contribution >= 0.6 is 11.6 Å². The van der Waals surface area contributed by atoms with Crippen LogP contribution in [0.15, 0.2) is 34.6 Å². The highest BCUT2D eigenvalue weighted by Crippen LogP contribution is 2.32. The molecule has 0 aliphatic heterocycles. The van der Waals surface area contributed by atoms with E-state index in [1.54, 1.807) is 0 Å². The van der Waals surface area contributed by atoms with Crippen molar-refractivity contribution >= 4 is 17.3 Å². The van der Waals surface area contributed by atoms with E-state index in [1.165, 1.54) is 24.3 Å². The minimum absolute atomic E-state index is 0.0258. The van der Waals surface area contributed by atoms with E-state index in [1.807, 2.05) is 0 Å². The number of alkyl halides is 1. The quantitative estimate of drug-likeness (QED) is 0.261. The molecule has 0 saturated carbocycles. The molecule has 0 N–H and O–H groups in total. The molecule has 0 bridgehead atoms. The zero-order chi connectivity index (χ0) is 12.1. The Balaban J connectivity index is 3.24. The molecule has 84 valence electrons. The van der Waals surface area contributed by atoms with Crippen LogP contribution in [0.5, 0.6) is 0 Å². The van der Waals surface area contributed by atoms with Gasteiger partial charge in [-0.2, -0.15) is 4.91 Å². The maximum Gasteiger partial charge on any atom is 0.275 e. The molecular formula is C8H6ClN3O4. The Morgan fingerprint density at radius 2 is 1.88 bits per heavy atom. The van der Waals surface area contributed by atoms with Crippen LogP contribution in [-0.2, 0) is 0 Å². The zero-order valence-corrected chi connectivity index (χ0v) is 8.57. The number of halogens is 1. The minimum Gasteiger partial charge on any atom is -0.258 e. The van der Waals surface area contributed by atoms with E-state index in [2.05, 4.69) is 10.4 Å². The lowest BCUT2D eigenvalue weighted by atomic mass is 10.1. The second kappa shape index (κ2) is 5.26. The number of para-hydroxylation sites is 1. The zero-order valence-electron chi connectivity index (χ0n) is 7.82. The smallest absolute Gasteiger partial charge is 0.258 e. The lowest BCUT2D eigenvalue weighted by molar-refractivity contribution is -0.385. The third-order valence-electron chi connectivity index (χ3n) is 1.93. The molecule has 8 heteroatoms. The molecule has 2 unspecified atom stereocenters. The Hall–Kier alpha value is -1.89. The van der Waals surface area contributed by atoms with Gasteiger partial charge in [-0.1, -0.05) is 28.9 Å². The molecule has 7 nitrogen and oxygen atoms in total. The minimum atomic E-state index is -1.46. The van der Waals surface area contributed by atoms with Crippen molar-refractivity contribution in [3.63, 3.8) is 0 Å². The number of rotatable bonds is 5. The van der Waals surface area contributed by atoms with Gasteiger partial charge in [0.2, 0.25) is 0 Å². The number of nitro benzene ring substituents is 1. The topological polar surface area (TPSA) is 102 Å². The summed E-state index contributed by atoms with van der Waals surface area (Å²) < 4.78 is 0. The Labute approximate surface area is 94.5 Å². The van der Waals surface area contributed by atoms with Crippen molar-refractivity contribution in [2.24, 2.45) is 10.4 Å². The average molecular weight is 244 g/mol. The molecule has 2 atom stereocenters. The molecule has 1 aromatic carbocycles. The summed E-state index contributed by atoms with van der Waals surface area (Å²) in [6.07, 6.45) is 0. The SMILES string of the molecule is O=NC(Cl)C(N=O)c1ccccc1[N+](=O)[O-]. The predicted octanol–water partition coefficient (Wildman–Crippen LogP) is 2.73. The van der Waals surface area contributed by atoms with E-state index < -0.39 is 16.5 Å². The van der Waals surface area contributed by atoms with Gasteiger partial charge in [-0.3, -0.25) is 10.1 Å². The van der Waals surface area contributed by atoms with Gasteiger partial charge in [0.25, 0.3) is 5.69 Å². The van der Waals surface area contributed by atoms with E-state index in [0.29, 0.717) is 0 Å². The van der Waals surface area contributed by atoms with Crippen LogP contribution < -0.4 is 0 Å². The Morgan fingerprint density at radius 3 is 2.38 bits per heavy atom. The molecule has 0 amide bonds. The Bertz CT molecular complexity index is 425. The fraction of sp³-hybridized carbons (Fsp3) is 0.250. The number of nitrogens with zero attached hydrogens (tertiary/aromatic N) is 3. The van der Waals surface area contributed by atoms with E-state index in [9.17, 15) is 19.9 Å². The molecule has 0 aliphatic rings. The van der Waals surface area contributed by atoms with Gasteiger partial charge in [-0.15, -0.1) is 4.91 Å². The molecule has 0 spiro atoms. The summed E-state index contributed by atoms with van der Waals surface area (Å²) in [4.78, 5) is 30.7. The first kappa shape index (κ1) is 12.2. The van der Waals surface area contributed by atoms with Crippen molar-refractivity contribution < 1.29 is 4.92 Å². The van der Waals surface area contributed by atoms with E-state index in [4.69, 9.17) is 11.6 Å². The van der Waals surface area contributed by atoms with Crippen LogP contribution in [0.25, 0.3) is 0 Å². The monoisotopic (exact) mass is 243 g/mol. The Morgan fingerprint density at radius 1 is 1.25 bits per heavy atom. The number of hydrogen-bond donors (Lipinski definition) is 0. The lowest BCUT2D eigenvalue weighted by Crippen LogP contribution is -2.09. The normalized spacial score (nSPS) is 13.8. The first-order chi connectivity index (χ1) is 7.61. The van der Waals surface area contributed by atoms with Crippen molar-refractivity contribution in [3.05, 3.63) is 49.8 Å². The van der Waals surface area contributed by atoms with Crippen molar-refractivity contribution in [1.82, 2.24) is 0 Å². The summed E-state index contributed by atoms with van der Waals surface area (Å²) in [6.45, 7) is 0. The Kier molecular flexibility index (Phi) is 4.01. The van der Waals surface area contributed by atoms with Gasteiger partial charge >= 0.3 is 0 Å². The predicted molar refractivity (Wildman–Crippen MR) is 57.1 cm³/mol. The lowest BCUT2D eigenvalue weighted by Gasteiger charge is -2.09. The standard InChI is InChI=1S/C8H6ClN3O4/c9-8(11-14)7(10-13)5-3-1-2-4-6(5)12(15)16/h1-4,7-8H. The van der Waals surface area contributed by atoms with Crippen LogP contribution in [0.1, 0.15) is 11.6 Å². The van der Waals surface area contributed by atoms with E-state index in [0.717, 1.165) is 0 Å². The highest BCUT2D eigenvalue weighted by atomic mass is 35.5. The third-order valence-corrected chi connectivity index (χ3v) is 2.25. The molecular weight excluding hydrogens is 238 g/mol. The van der Waals surface area contributed by atoms with E-state index in [-0.39, 0.29) is 11.3 Å². The van der Waals surface area contributed by atoms with Crippen LogP contribution in [0.2, 0.25) is 0 Å². The van der Waals surface area contributed by atoms with Gasteiger partial charge in [0.05, 0.1) is 10.5 Å². The van der Waals surface area contributed by atoms with Crippen LogP contribution in [0.4, 0.5) is 5.69 Å². The van der Waals surface area contributed by atoms with Gasteiger partial charge in [0.15, 0.2) is 11.5 Å². The number of benzene rings is 1. The fourth-order valence-electron chi connectivity index (χ4n) is 1.22. The van der Waals surface area contributed by atoms with Crippen LogP contribution in [-0.4, -0.2) is 10.4 Å². The summed E-state index contributed by atoms with van der Waals surface area (Å²) >= 11 is 5.45. The van der Waals surface area contributed by atoms with Gasteiger partial charge in [0.1, 0.15) is 0 Å². The van der Waals surface area contributed by atoms with Gasteiger partial charge in [0, 0.05) is 6.07 Å². The number of hydrogen-bond acceptors (Lipinski definition) is 6. The second-order valence-corrected chi connectivity index (χ2v) is 3.29. The van der Waals surface area contributed by atoms with Crippen molar-refractivity contribution in [2.45, 2.75) is 11.5 Å². The molecule has 1 rings (SSSR count). The molecule has 0 fully saturated rings. The number of nitroso groups, excluding NO2 is 2. The molecule has 0 heterocycles. The van der Waals surface area contributed by atoms with Crippen molar-refractivity contribution in [3.8, 4) is 0 Å². The summed E-state index contributed by atoms with van der Waals surface area (Å²) in [5.74, 6) is 0. The largest absolute Gasteiger partial charge is 0.275 e. The van der Waals surface area contributed by atoms with Gasteiger partial charge < -0.3 is 0 Å². The summed E-state index contributed by atoms with van der Waals surface area (Å²) in [5, 5.41) is 15.7. The molecule has 0 radical (unpaired) electrons. The fourth-order valence-corrected chi connectivity index (χ4v) is 1.40. The second-order valence-electron chi connectivity index (χ2n) is 2.84. The van der Waals surface area contributed by atoms with Gasteiger partial charge in [-0.05, 0) is 11.2 Å². The van der Waals surface area contributed by atoms with Crippen LogP contribution in [0, 0.1) is 19.9 Å². The number of nitro groups is 1. The van der Waals surface area contributed by atoms with Gasteiger partial charge in [-0.25, -0.2) is 0 Å². The maximum absolute atomic E-state index is 10.7. The van der Waals surface area contributed by atoms with Crippen molar-refractivity contribution in [1.29, 1.82) is 0 Å². The molecule has 1 aromatic rings. The third kappa shape index (κ3) is 2.37. The van der Waals surface area contributed by atoms with Crippen LogP contribution in [0.3, 0.4) is 0 Å². The highest BCUT2D eigenvalue weighted by Gasteiger charge is 2.29. The first-order valence-electron chi connectivity index (χ1n) is 4.14. The molecule has 0 saturated heterocycles. The molecule has 0 aromatic heterocycles. The van der Waals surface area contributed by atoms with Crippen molar-refractivity contribution in [2.75, 3.05) is 0 Å². The summed E-state index contributed by atoms with van der Waals surface area (Å²) in [7, 11) is 0. The summed E-state index contributed by atoms with van der Waals surface area (Å²) in [5.41, 5.74) is -1.80. The highest BCUT2D eigenvalue weighted by molar-refractivity contribution is 6.21. The van der Waals surface area contributed by atoms with E-state index >= 15 is 0 Å². The summed E-state index contributed by atoms with van der Waals surface area (Å²) in [6, 6.07) is 4.06. The molecule has 16 heavy (non-hydrogen) atoms. The molecule has 0 aliphatic carbocycles. The first-order valence-corrected chi connectivity index (χ1v) is 4.57. The average Bonchev–Trinajstić information content (AvgIpc) is 2.30. The maximum atomic E-state index is 10.7.